The van der Waals surface area contributed by atoms with Crippen molar-refractivity contribution in [2.24, 2.45) is 0 Å². The van der Waals surface area contributed by atoms with E-state index in [1.165, 1.54) is 0 Å². The highest BCUT2D eigenvalue weighted by Gasteiger charge is 2.06. The molecule has 2 N–H and O–H groups in total. The smallest absolute Gasteiger partial charge is 0.307 e. The van der Waals surface area contributed by atoms with Gasteiger partial charge in [-0.05, 0) is 17.7 Å². The van der Waals surface area contributed by atoms with Crippen LogP contribution in [0.15, 0.2) is 18.2 Å². The van der Waals surface area contributed by atoms with E-state index >= 15 is 0 Å². The van der Waals surface area contributed by atoms with Gasteiger partial charge in [0.25, 0.3) is 0 Å². The van der Waals surface area contributed by atoms with E-state index in [-0.39, 0.29) is 6.42 Å². The highest BCUT2D eigenvalue weighted by Crippen LogP contribution is 2.17. The number of aliphatic carboxylic acids is 1. The number of aromatic amines is 1. The molecule has 0 radical (unpaired) electrons. The number of aromatic nitrogens is 2. The average molecular weight is 200 g/mol. The minimum Gasteiger partial charge on any atom is -0.481 e. The summed E-state index contributed by atoms with van der Waals surface area (Å²) in [5, 5.41) is 16.1. The third-order valence-corrected chi connectivity index (χ3v) is 2.12. The van der Waals surface area contributed by atoms with Gasteiger partial charge in [-0.1, -0.05) is 12.0 Å². The summed E-state index contributed by atoms with van der Waals surface area (Å²) in [7, 11) is 0. The van der Waals surface area contributed by atoms with Crippen molar-refractivity contribution in [1.29, 1.82) is 0 Å². The number of nitrogens with zero attached hydrogens (tertiary/aromatic N) is 1. The number of carbonyl (C=O) groups is 1. The van der Waals surface area contributed by atoms with Crippen LogP contribution in [-0.2, 0) is 11.2 Å². The Bertz CT molecular complexity index is 563. The van der Waals surface area contributed by atoms with Gasteiger partial charge in [0, 0.05) is 5.39 Å². The van der Waals surface area contributed by atoms with Crippen molar-refractivity contribution in [3.8, 4) is 12.3 Å². The molecule has 1 aromatic carbocycles. The molecule has 0 spiro atoms. The van der Waals surface area contributed by atoms with Crippen LogP contribution in [0.1, 0.15) is 11.3 Å². The van der Waals surface area contributed by atoms with Gasteiger partial charge in [0.1, 0.15) is 5.69 Å². The van der Waals surface area contributed by atoms with E-state index in [1.807, 2.05) is 0 Å². The fourth-order valence-electron chi connectivity index (χ4n) is 1.45. The van der Waals surface area contributed by atoms with Gasteiger partial charge in [-0.25, -0.2) is 0 Å². The Morgan fingerprint density at radius 1 is 1.60 bits per heavy atom. The molecule has 15 heavy (non-hydrogen) atoms. The lowest BCUT2D eigenvalue weighted by molar-refractivity contribution is -0.136. The largest absolute Gasteiger partial charge is 0.481 e. The van der Waals surface area contributed by atoms with Crippen LogP contribution >= 0.6 is 0 Å². The molecule has 0 amide bonds. The Hall–Kier alpha value is -2.28. The zero-order valence-corrected chi connectivity index (χ0v) is 7.82. The summed E-state index contributed by atoms with van der Waals surface area (Å²) >= 11 is 0. The number of fused-ring (bicyclic) bond motifs is 1. The first-order chi connectivity index (χ1) is 7.20. The van der Waals surface area contributed by atoms with Crippen molar-refractivity contribution < 1.29 is 9.90 Å². The number of benzene rings is 1. The second-order valence-corrected chi connectivity index (χ2v) is 3.16. The first-order valence-electron chi connectivity index (χ1n) is 4.36. The number of carboxylic acid groups (broad SMARTS) is 1. The number of H-pyrrole nitrogens is 1. The maximum Gasteiger partial charge on any atom is 0.307 e. The lowest BCUT2D eigenvalue weighted by Crippen LogP contribution is -1.99. The molecule has 1 aromatic heterocycles. The Balaban J connectivity index is 2.54. The van der Waals surface area contributed by atoms with E-state index in [0.717, 1.165) is 10.9 Å². The Kier molecular flexibility index (Phi) is 2.14. The van der Waals surface area contributed by atoms with Gasteiger partial charge in [-0.15, -0.1) is 6.42 Å². The summed E-state index contributed by atoms with van der Waals surface area (Å²) in [6.07, 6.45) is 5.27. The third kappa shape index (κ3) is 1.67. The quantitative estimate of drug-likeness (QED) is 0.715. The molecular formula is C11H8N2O2. The topological polar surface area (TPSA) is 66.0 Å². The van der Waals surface area contributed by atoms with Crippen molar-refractivity contribution in [2.75, 3.05) is 0 Å². The zero-order chi connectivity index (χ0) is 10.8. The highest BCUT2D eigenvalue weighted by molar-refractivity contribution is 5.85. The molecule has 0 saturated carbocycles. The third-order valence-electron chi connectivity index (χ3n) is 2.12. The number of rotatable bonds is 2. The number of terminal acetylenes is 1. The van der Waals surface area contributed by atoms with E-state index in [1.54, 1.807) is 18.2 Å². The first kappa shape index (κ1) is 9.28. The predicted octanol–water partition coefficient (Wildman–Crippen LogP) is 1.17. The number of nitrogens with one attached hydrogen (secondary N) is 1. The Morgan fingerprint density at radius 2 is 2.40 bits per heavy atom. The normalized spacial score (nSPS) is 10.1. The Labute approximate surface area is 85.9 Å². The second-order valence-electron chi connectivity index (χ2n) is 3.16. The van der Waals surface area contributed by atoms with E-state index in [4.69, 9.17) is 11.5 Å². The van der Waals surface area contributed by atoms with Gasteiger partial charge in [0.2, 0.25) is 0 Å². The summed E-state index contributed by atoms with van der Waals surface area (Å²) in [6.45, 7) is 0. The molecular weight excluding hydrogens is 192 g/mol. The standard InChI is InChI=1S/C11H8N2O2/c1-2-9-8-5-7(6-11(14)15)3-4-10(8)13-12-9/h1,3-5H,6H2,(H,12,13)(H,14,15). The van der Waals surface area contributed by atoms with Gasteiger partial charge >= 0.3 is 5.97 Å². The van der Waals surface area contributed by atoms with Crippen LogP contribution in [-0.4, -0.2) is 21.3 Å². The zero-order valence-electron chi connectivity index (χ0n) is 7.82. The number of carboxylic acids is 1. The van der Waals surface area contributed by atoms with Gasteiger partial charge < -0.3 is 5.11 Å². The number of hydrogen-bond acceptors (Lipinski definition) is 2. The van der Waals surface area contributed by atoms with Crippen LogP contribution in [0.25, 0.3) is 10.9 Å². The molecule has 0 aliphatic heterocycles. The van der Waals surface area contributed by atoms with E-state index in [2.05, 4.69) is 16.1 Å². The van der Waals surface area contributed by atoms with Crippen molar-refractivity contribution in [2.45, 2.75) is 6.42 Å². The molecule has 0 aliphatic carbocycles. The van der Waals surface area contributed by atoms with Gasteiger partial charge in [-0.2, -0.15) is 5.10 Å². The maximum absolute atomic E-state index is 10.5. The summed E-state index contributed by atoms with van der Waals surface area (Å²) < 4.78 is 0. The van der Waals surface area contributed by atoms with Crippen LogP contribution in [0.2, 0.25) is 0 Å². The van der Waals surface area contributed by atoms with Gasteiger partial charge in [0.05, 0.1) is 11.9 Å². The maximum atomic E-state index is 10.5. The average Bonchev–Trinajstić information content (AvgIpc) is 2.59. The van der Waals surface area contributed by atoms with E-state index in [9.17, 15) is 4.79 Å². The minimum atomic E-state index is -0.861. The molecule has 0 aliphatic rings. The highest BCUT2D eigenvalue weighted by atomic mass is 16.4. The minimum absolute atomic E-state index is 0.00880. The fraction of sp³-hybridized carbons (Fsp3) is 0.0909. The van der Waals surface area contributed by atoms with E-state index in [0.29, 0.717) is 11.3 Å². The summed E-state index contributed by atoms with van der Waals surface area (Å²) in [6, 6.07) is 5.24. The molecule has 0 atom stereocenters. The van der Waals surface area contributed by atoms with Crippen molar-refractivity contribution in [3.63, 3.8) is 0 Å². The molecule has 1 heterocycles. The van der Waals surface area contributed by atoms with Crippen LogP contribution < -0.4 is 0 Å². The lowest BCUT2D eigenvalue weighted by Gasteiger charge is -1.96. The summed E-state index contributed by atoms with van der Waals surface area (Å²) in [5.41, 5.74) is 2.04. The monoisotopic (exact) mass is 200 g/mol. The molecule has 74 valence electrons. The molecule has 0 saturated heterocycles. The first-order valence-corrected chi connectivity index (χ1v) is 4.36. The van der Waals surface area contributed by atoms with E-state index < -0.39 is 5.97 Å². The van der Waals surface area contributed by atoms with Gasteiger partial charge in [-0.3, -0.25) is 9.89 Å². The predicted molar refractivity (Wildman–Crippen MR) is 55.4 cm³/mol. The molecule has 0 bridgehead atoms. The van der Waals surface area contributed by atoms with Crippen molar-refractivity contribution in [1.82, 2.24) is 10.2 Å². The van der Waals surface area contributed by atoms with Crippen LogP contribution in [0.4, 0.5) is 0 Å². The second kappa shape index (κ2) is 3.46. The molecule has 0 unspecified atom stereocenters. The summed E-state index contributed by atoms with van der Waals surface area (Å²) in [5.74, 6) is 1.60. The van der Waals surface area contributed by atoms with Crippen LogP contribution in [0, 0.1) is 12.3 Å². The fourth-order valence-corrected chi connectivity index (χ4v) is 1.45. The number of hydrogen-bond donors (Lipinski definition) is 2. The van der Waals surface area contributed by atoms with Gasteiger partial charge in [0.15, 0.2) is 0 Å². The molecule has 0 fully saturated rings. The van der Waals surface area contributed by atoms with Crippen molar-refractivity contribution in [3.05, 3.63) is 29.5 Å². The summed E-state index contributed by atoms with van der Waals surface area (Å²) in [4.78, 5) is 10.5. The molecule has 4 heteroatoms. The lowest BCUT2D eigenvalue weighted by atomic mass is 10.1. The molecule has 2 rings (SSSR count). The SMILES string of the molecule is C#Cc1[nH]nc2ccc(CC(=O)O)cc12. The molecule has 2 aromatic rings. The van der Waals surface area contributed by atoms with Crippen LogP contribution in [0.3, 0.4) is 0 Å². The molecule has 4 nitrogen and oxygen atoms in total. The van der Waals surface area contributed by atoms with Crippen LogP contribution in [0.5, 0.6) is 0 Å². The Morgan fingerprint density at radius 3 is 3.07 bits per heavy atom. The van der Waals surface area contributed by atoms with Crippen molar-refractivity contribution >= 4 is 16.9 Å².